The second kappa shape index (κ2) is 7.48. The van der Waals surface area contributed by atoms with E-state index in [2.05, 4.69) is 21.1 Å². The summed E-state index contributed by atoms with van der Waals surface area (Å²) in [6.07, 6.45) is 1.54. The number of rotatable bonds is 5. The lowest BCUT2D eigenvalue weighted by molar-refractivity contribution is 0.600. The first-order valence-electron chi connectivity index (χ1n) is 8.21. The normalized spacial score (nSPS) is 10.9. The Labute approximate surface area is 158 Å². The molecule has 2 aromatic carbocycles. The van der Waals surface area contributed by atoms with Crippen LogP contribution in [0.3, 0.4) is 0 Å². The van der Waals surface area contributed by atoms with E-state index < -0.39 is 10.0 Å². The highest BCUT2D eigenvalue weighted by Gasteiger charge is 2.17. The molecule has 1 aromatic heterocycles. The number of hydrogen-bond acceptors (Lipinski definition) is 5. The molecule has 0 atom stereocenters. The summed E-state index contributed by atoms with van der Waals surface area (Å²) in [5, 5.41) is 12.0. The van der Waals surface area contributed by atoms with Gasteiger partial charge in [-0.3, -0.25) is 4.72 Å². The highest BCUT2D eigenvalue weighted by Crippen LogP contribution is 2.21. The van der Waals surface area contributed by atoms with Crippen LogP contribution in [0.15, 0.2) is 65.7 Å². The van der Waals surface area contributed by atoms with Gasteiger partial charge in [0.25, 0.3) is 10.0 Å². The minimum atomic E-state index is -3.70. The maximum Gasteiger partial charge on any atom is 0.263 e. The average Bonchev–Trinajstić information content (AvgIpc) is 2.63. The molecule has 2 N–H and O–H groups in total. The van der Waals surface area contributed by atoms with Crippen molar-refractivity contribution in [2.75, 3.05) is 10.0 Å². The van der Waals surface area contributed by atoms with E-state index in [-0.39, 0.29) is 10.7 Å². The lowest BCUT2D eigenvalue weighted by Crippen LogP contribution is -2.15. The summed E-state index contributed by atoms with van der Waals surface area (Å²) < 4.78 is 27.7. The fourth-order valence-electron chi connectivity index (χ4n) is 2.62. The Morgan fingerprint density at radius 1 is 0.963 bits per heavy atom. The summed E-state index contributed by atoms with van der Waals surface area (Å²) in [5.41, 5.74) is 3.77. The van der Waals surface area contributed by atoms with Gasteiger partial charge >= 0.3 is 0 Å². The molecular weight excluding hydrogens is 360 g/mol. The zero-order chi connectivity index (χ0) is 19.4. The van der Waals surface area contributed by atoms with Crippen molar-refractivity contribution in [3.8, 4) is 6.07 Å². The third-order valence-electron chi connectivity index (χ3n) is 3.93. The molecule has 0 unspecified atom stereocenters. The van der Waals surface area contributed by atoms with Gasteiger partial charge in [-0.05, 0) is 61.9 Å². The maximum absolute atomic E-state index is 12.6. The van der Waals surface area contributed by atoms with E-state index >= 15 is 0 Å². The molecule has 136 valence electrons. The number of pyridine rings is 1. The maximum atomic E-state index is 12.6. The second-order valence-electron chi connectivity index (χ2n) is 6.12. The summed E-state index contributed by atoms with van der Waals surface area (Å²) >= 11 is 0. The molecular formula is C20H18N4O2S. The van der Waals surface area contributed by atoms with Crippen molar-refractivity contribution in [3.63, 3.8) is 0 Å². The summed E-state index contributed by atoms with van der Waals surface area (Å²) in [6.45, 7) is 3.68. The highest BCUT2D eigenvalue weighted by atomic mass is 32.2. The Morgan fingerprint density at radius 3 is 2.26 bits per heavy atom. The van der Waals surface area contributed by atoms with Crippen molar-refractivity contribution in [2.24, 2.45) is 0 Å². The van der Waals surface area contributed by atoms with Crippen LogP contribution >= 0.6 is 0 Å². The van der Waals surface area contributed by atoms with Gasteiger partial charge in [0.1, 0.15) is 5.82 Å². The van der Waals surface area contributed by atoms with E-state index in [1.807, 2.05) is 13.0 Å². The third kappa shape index (κ3) is 4.43. The quantitative estimate of drug-likeness (QED) is 0.696. The number of benzene rings is 2. The molecule has 1 heterocycles. The molecule has 3 rings (SSSR count). The molecule has 0 bridgehead atoms. The number of sulfonamides is 1. The average molecular weight is 378 g/mol. The summed E-state index contributed by atoms with van der Waals surface area (Å²) in [5.74, 6) is 0.236. The van der Waals surface area contributed by atoms with Gasteiger partial charge in [-0.15, -0.1) is 0 Å². The number of aromatic nitrogens is 1. The van der Waals surface area contributed by atoms with Crippen LogP contribution in [-0.4, -0.2) is 13.4 Å². The van der Waals surface area contributed by atoms with E-state index in [1.165, 1.54) is 6.20 Å². The van der Waals surface area contributed by atoms with Gasteiger partial charge in [0, 0.05) is 5.69 Å². The van der Waals surface area contributed by atoms with Gasteiger partial charge in [0.15, 0.2) is 0 Å². The summed E-state index contributed by atoms with van der Waals surface area (Å²) in [6, 6.07) is 17.6. The minimum absolute atomic E-state index is 0.231. The zero-order valence-corrected chi connectivity index (χ0v) is 15.7. The van der Waals surface area contributed by atoms with Gasteiger partial charge < -0.3 is 5.32 Å². The van der Waals surface area contributed by atoms with Crippen molar-refractivity contribution >= 4 is 27.2 Å². The predicted molar refractivity (Wildman–Crippen MR) is 105 cm³/mol. The van der Waals surface area contributed by atoms with E-state index in [1.54, 1.807) is 55.5 Å². The Bertz CT molecular complexity index is 1100. The second-order valence-corrected chi connectivity index (χ2v) is 7.77. The molecule has 0 spiro atoms. The van der Waals surface area contributed by atoms with Gasteiger partial charge in [-0.25, -0.2) is 13.4 Å². The number of nitrogens with one attached hydrogen (secondary N) is 2. The molecule has 0 fully saturated rings. The molecule has 3 aromatic rings. The number of anilines is 3. The van der Waals surface area contributed by atoms with Gasteiger partial charge in [0.05, 0.1) is 28.4 Å². The zero-order valence-electron chi connectivity index (χ0n) is 14.9. The smallest absolute Gasteiger partial charge is 0.263 e. The first-order chi connectivity index (χ1) is 12.9. The largest absolute Gasteiger partial charge is 0.354 e. The number of aryl methyl sites for hydroxylation is 2. The highest BCUT2D eigenvalue weighted by molar-refractivity contribution is 7.92. The topological polar surface area (TPSA) is 94.9 Å². The van der Waals surface area contributed by atoms with Crippen molar-refractivity contribution in [1.29, 1.82) is 5.26 Å². The van der Waals surface area contributed by atoms with Crippen LogP contribution in [0.1, 0.15) is 16.7 Å². The van der Waals surface area contributed by atoms with Gasteiger partial charge in [-0.2, -0.15) is 5.26 Å². The first-order valence-corrected chi connectivity index (χ1v) is 9.69. The van der Waals surface area contributed by atoms with Crippen molar-refractivity contribution in [1.82, 2.24) is 4.98 Å². The third-order valence-corrected chi connectivity index (χ3v) is 5.44. The van der Waals surface area contributed by atoms with Crippen molar-refractivity contribution < 1.29 is 8.42 Å². The molecule has 27 heavy (non-hydrogen) atoms. The van der Waals surface area contributed by atoms with Crippen LogP contribution in [0.25, 0.3) is 0 Å². The minimum Gasteiger partial charge on any atom is -0.354 e. The Balaban J connectivity index is 1.74. The Hall–Kier alpha value is -3.37. The van der Waals surface area contributed by atoms with Crippen LogP contribution in [0, 0.1) is 25.2 Å². The Morgan fingerprint density at radius 2 is 1.67 bits per heavy atom. The van der Waals surface area contributed by atoms with Crippen molar-refractivity contribution in [2.45, 2.75) is 18.7 Å². The predicted octanol–water partition coefficient (Wildman–Crippen LogP) is 4.11. The van der Waals surface area contributed by atoms with E-state index in [9.17, 15) is 8.42 Å². The standard InChI is InChI=1S/C20H18N4O2S/c1-14-3-9-19(15(2)11-14)27(25,26)24-20-10-8-18(13-22-20)23-17-6-4-16(12-21)5-7-17/h3-11,13,23H,1-2H3,(H,22,24). The molecule has 0 aliphatic rings. The molecule has 0 saturated heterocycles. The number of nitrogens with zero attached hydrogens (tertiary/aromatic N) is 2. The summed E-state index contributed by atoms with van der Waals surface area (Å²) in [4.78, 5) is 4.39. The molecule has 0 aliphatic carbocycles. The SMILES string of the molecule is Cc1ccc(S(=O)(=O)Nc2ccc(Nc3ccc(C#N)cc3)cn2)c(C)c1. The number of hydrogen-bond donors (Lipinski definition) is 2. The van der Waals surface area contributed by atoms with Crippen molar-refractivity contribution in [3.05, 3.63) is 77.5 Å². The van der Waals surface area contributed by atoms with E-state index in [0.29, 0.717) is 16.8 Å². The fourth-order valence-corrected chi connectivity index (χ4v) is 3.85. The molecule has 0 amide bonds. The lowest BCUT2D eigenvalue weighted by Gasteiger charge is -2.11. The molecule has 0 aliphatic heterocycles. The van der Waals surface area contributed by atoms with Gasteiger partial charge in [-0.1, -0.05) is 17.7 Å². The summed E-state index contributed by atoms with van der Waals surface area (Å²) in [7, 11) is -3.70. The number of nitriles is 1. The first kappa shape index (κ1) is 18.4. The Kier molecular flexibility index (Phi) is 5.10. The van der Waals surface area contributed by atoms with E-state index in [0.717, 1.165) is 11.3 Å². The lowest BCUT2D eigenvalue weighted by atomic mass is 10.2. The van der Waals surface area contributed by atoms with Gasteiger partial charge in [0.2, 0.25) is 0 Å². The molecule has 6 nitrogen and oxygen atoms in total. The van der Waals surface area contributed by atoms with Crippen LogP contribution in [0.2, 0.25) is 0 Å². The molecule has 7 heteroatoms. The van der Waals surface area contributed by atoms with Crippen LogP contribution in [0.5, 0.6) is 0 Å². The van der Waals surface area contributed by atoms with Crippen LogP contribution in [0.4, 0.5) is 17.2 Å². The molecule has 0 saturated carbocycles. The van der Waals surface area contributed by atoms with E-state index in [4.69, 9.17) is 5.26 Å². The monoisotopic (exact) mass is 378 g/mol. The fraction of sp³-hybridized carbons (Fsp3) is 0.100. The van der Waals surface area contributed by atoms with Crippen LogP contribution in [-0.2, 0) is 10.0 Å². The van der Waals surface area contributed by atoms with Crippen LogP contribution < -0.4 is 10.0 Å². The molecule has 0 radical (unpaired) electrons.